The third-order valence-electron chi connectivity index (χ3n) is 4.26. The highest BCUT2D eigenvalue weighted by atomic mass is 35.5. The lowest BCUT2D eigenvalue weighted by molar-refractivity contribution is 0.132. The molecule has 2 heterocycles. The number of rotatable bonds is 5. The number of hydrogen-bond donors (Lipinski definition) is 1. The summed E-state index contributed by atoms with van der Waals surface area (Å²) in [5.74, 6) is 0.652. The van der Waals surface area contributed by atoms with Gasteiger partial charge in [-0.05, 0) is 56.6 Å². The second-order valence-electron chi connectivity index (χ2n) is 5.85. The molecule has 1 atom stereocenters. The van der Waals surface area contributed by atoms with E-state index in [0.717, 1.165) is 37.3 Å². The van der Waals surface area contributed by atoms with Crippen molar-refractivity contribution in [2.45, 2.75) is 38.3 Å². The Kier molecular flexibility index (Phi) is 6.90. The second kappa shape index (κ2) is 8.69. The number of nitrogens with zero attached hydrogens (tertiary/aromatic N) is 2. The number of piperidine rings is 1. The van der Waals surface area contributed by atoms with Crippen molar-refractivity contribution in [3.8, 4) is 11.5 Å². The van der Waals surface area contributed by atoms with E-state index in [0.29, 0.717) is 17.0 Å². The average Bonchev–Trinajstić information content (AvgIpc) is 2.99. The lowest BCUT2D eigenvalue weighted by atomic mass is 9.99. The van der Waals surface area contributed by atoms with E-state index in [-0.39, 0.29) is 12.4 Å². The SMILES string of the molecule is Cl.NCCC1CCCCN1Cc1coc(-c2ccc(Cl)cc2)n1. The van der Waals surface area contributed by atoms with Crippen molar-refractivity contribution in [3.05, 3.63) is 41.2 Å². The predicted octanol–water partition coefficient (Wildman–Crippen LogP) is 4.12. The van der Waals surface area contributed by atoms with Gasteiger partial charge in [0.1, 0.15) is 6.26 Å². The number of benzene rings is 1. The standard InChI is InChI=1S/C17H22ClN3O.ClH/c18-14-6-4-13(5-7-14)17-20-15(12-22-17)11-21-10-2-1-3-16(21)8-9-19;/h4-7,12,16H,1-3,8-11,19H2;1H. The molecule has 0 saturated carbocycles. The van der Waals surface area contributed by atoms with E-state index < -0.39 is 0 Å². The summed E-state index contributed by atoms with van der Waals surface area (Å²) in [5.41, 5.74) is 7.67. The summed E-state index contributed by atoms with van der Waals surface area (Å²) in [7, 11) is 0. The zero-order valence-corrected chi connectivity index (χ0v) is 14.7. The minimum Gasteiger partial charge on any atom is -0.444 e. The molecule has 23 heavy (non-hydrogen) atoms. The number of nitrogens with two attached hydrogens (primary N) is 1. The van der Waals surface area contributed by atoms with Crippen LogP contribution in [0.15, 0.2) is 34.9 Å². The first-order chi connectivity index (χ1) is 10.8. The molecule has 3 rings (SSSR count). The van der Waals surface area contributed by atoms with Crippen molar-refractivity contribution in [2.24, 2.45) is 5.73 Å². The van der Waals surface area contributed by atoms with Crippen LogP contribution in [0.5, 0.6) is 0 Å². The minimum absolute atomic E-state index is 0. The summed E-state index contributed by atoms with van der Waals surface area (Å²) in [5, 5.41) is 0.716. The zero-order chi connectivity index (χ0) is 15.4. The first-order valence-electron chi connectivity index (χ1n) is 7.91. The van der Waals surface area contributed by atoms with E-state index in [1.165, 1.54) is 19.3 Å². The van der Waals surface area contributed by atoms with E-state index >= 15 is 0 Å². The molecule has 1 aromatic heterocycles. The van der Waals surface area contributed by atoms with Gasteiger partial charge in [-0.2, -0.15) is 0 Å². The molecule has 126 valence electrons. The van der Waals surface area contributed by atoms with Crippen LogP contribution in [-0.4, -0.2) is 29.0 Å². The first kappa shape index (κ1) is 18.3. The molecule has 1 fully saturated rings. The maximum absolute atomic E-state index is 5.91. The van der Waals surface area contributed by atoms with Gasteiger partial charge in [0.25, 0.3) is 0 Å². The highest BCUT2D eigenvalue weighted by Gasteiger charge is 2.22. The molecule has 0 bridgehead atoms. The Balaban J connectivity index is 0.00000192. The van der Waals surface area contributed by atoms with E-state index in [4.69, 9.17) is 21.8 Å². The second-order valence-corrected chi connectivity index (χ2v) is 6.28. The van der Waals surface area contributed by atoms with Crippen LogP contribution in [0.25, 0.3) is 11.5 Å². The first-order valence-corrected chi connectivity index (χ1v) is 8.28. The number of oxazole rings is 1. The van der Waals surface area contributed by atoms with Crippen LogP contribution in [0.1, 0.15) is 31.4 Å². The van der Waals surface area contributed by atoms with Crippen LogP contribution in [-0.2, 0) is 6.54 Å². The van der Waals surface area contributed by atoms with E-state index in [9.17, 15) is 0 Å². The maximum Gasteiger partial charge on any atom is 0.226 e. The van der Waals surface area contributed by atoms with Gasteiger partial charge in [0, 0.05) is 23.2 Å². The Labute approximate surface area is 148 Å². The van der Waals surface area contributed by atoms with Crippen LogP contribution >= 0.6 is 24.0 Å². The van der Waals surface area contributed by atoms with Crippen LogP contribution in [0.4, 0.5) is 0 Å². The highest BCUT2D eigenvalue weighted by Crippen LogP contribution is 2.24. The molecular formula is C17H23Cl2N3O. The summed E-state index contributed by atoms with van der Waals surface area (Å²) in [4.78, 5) is 7.10. The Bertz CT molecular complexity index is 598. The summed E-state index contributed by atoms with van der Waals surface area (Å²) in [6, 6.07) is 8.13. The smallest absolute Gasteiger partial charge is 0.226 e. The van der Waals surface area contributed by atoms with E-state index in [1.54, 1.807) is 6.26 Å². The lowest BCUT2D eigenvalue weighted by Gasteiger charge is -2.35. The molecule has 1 saturated heterocycles. The Hall–Kier alpha value is -1.07. The summed E-state index contributed by atoms with van der Waals surface area (Å²) in [6.07, 6.45) is 6.61. The van der Waals surface area contributed by atoms with Gasteiger partial charge in [-0.15, -0.1) is 12.4 Å². The van der Waals surface area contributed by atoms with Gasteiger partial charge in [-0.25, -0.2) is 4.98 Å². The number of aromatic nitrogens is 1. The summed E-state index contributed by atoms with van der Waals surface area (Å²) < 4.78 is 5.62. The van der Waals surface area contributed by atoms with Crippen LogP contribution in [0.2, 0.25) is 5.02 Å². The molecule has 0 radical (unpaired) electrons. The quantitative estimate of drug-likeness (QED) is 0.876. The van der Waals surface area contributed by atoms with Crippen molar-refractivity contribution in [1.82, 2.24) is 9.88 Å². The third kappa shape index (κ3) is 4.70. The molecule has 2 N–H and O–H groups in total. The topological polar surface area (TPSA) is 55.3 Å². The normalized spacial score (nSPS) is 18.6. The molecule has 0 spiro atoms. The van der Waals surface area contributed by atoms with E-state index in [1.807, 2.05) is 24.3 Å². The molecule has 1 aromatic carbocycles. The molecule has 1 aliphatic rings. The monoisotopic (exact) mass is 355 g/mol. The average molecular weight is 356 g/mol. The van der Waals surface area contributed by atoms with Gasteiger partial charge in [0.15, 0.2) is 0 Å². The molecule has 2 aromatic rings. The van der Waals surface area contributed by atoms with Crippen molar-refractivity contribution in [3.63, 3.8) is 0 Å². The van der Waals surface area contributed by atoms with E-state index in [2.05, 4.69) is 9.88 Å². The van der Waals surface area contributed by atoms with Gasteiger partial charge in [0.2, 0.25) is 5.89 Å². The molecule has 0 aliphatic carbocycles. The molecule has 6 heteroatoms. The Morgan fingerprint density at radius 2 is 2.04 bits per heavy atom. The van der Waals surface area contributed by atoms with Crippen molar-refractivity contribution < 1.29 is 4.42 Å². The Morgan fingerprint density at radius 3 is 2.78 bits per heavy atom. The largest absolute Gasteiger partial charge is 0.444 e. The predicted molar refractivity (Wildman–Crippen MR) is 95.9 cm³/mol. The summed E-state index contributed by atoms with van der Waals surface area (Å²) >= 11 is 5.91. The molecular weight excluding hydrogens is 333 g/mol. The van der Waals surface area contributed by atoms with Gasteiger partial charge in [0.05, 0.1) is 5.69 Å². The van der Waals surface area contributed by atoms with Gasteiger partial charge >= 0.3 is 0 Å². The van der Waals surface area contributed by atoms with Crippen molar-refractivity contribution in [1.29, 1.82) is 0 Å². The molecule has 0 amide bonds. The summed E-state index contributed by atoms with van der Waals surface area (Å²) in [6.45, 7) is 2.70. The number of halogens is 2. The maximum atomic E-state index is 5.91. The highest BCUT2D eigenvalue weighted by molar-refractivity contribution is 6.30. The number of hydrogen-bond acceptors (Lipinski definition) is 4. The van der Waals surface area contributed by atoms with Crippen LogP contribution in [0, 0.1) is 0 Å². The third-order valence-corrected chi connectivity index (χ3v) is 4.51. The molecule has 4 nitrogen and oxygen atoms in total. The van der Waals surface area contributed by atoms with Crippen molar-refractivity contribution in [2.75, 3.05) is 13.1 Å². The van der Waals surface area contributed by atoms with Gasteiger partial charge < -0.3 is 10.2 Å². The lowest BCUT2D eigenvalue weighted by Crippen LogP contribution is -2.40. The van der Waals surface area contributed by atoms with Gasteiger partial charge in [-0.1, -0.05) is 18.0 Å². The Morgan fingerprint density at radius 1 is 1.26 bits per heavy atom. The van der Waals surface area contributed by atoms with Crippen LogP contribution < -0.4 is 5.73 Å². The fraction of sp³-hybridized carbons (Fsp3) is 0.471. The molecule has 1 aliphatic heterocycles. The minimum atomic E-state index is 0. The zero-order valence-electron chi connectivity index (χ0n) is 13.1. The molecule has 1 unspecified atom stereocenters. The number of likely N-dealkylation sites (tertiary alicyclic amines) is 1. The fourth-order valence-electron chi connectivity index (χ4n) is 3.10. The fourth-order valence-corrected chi connectivity index (χ4v) is 3.23. The van der Waals surface area contributed by atoms with Crippen molar-refractivity contribution >= 4 is 24.0 Å². The van der Waals surface area contributed by atoms with Gasteiger partial charge in [-0.3, -0.25) is 4.90 Å². The van der Waals surface area contributed by atoms with Crippen LogP contribution in [0.3, 0.4) is 0 Å².